The van der Waals surface area contributed by atoms with Gasteiger partial charge in [-0.2, -0.15) is 0 Å². The Balaban J connectivity index is 2.89. The first-order valence-corrected chi connectivity index (χ1v) is 6.62. The minimum Gasteiger partial charge on any atom is -0.469 e. The molecule has 0 spiro atoms. The third kappa shape index (κ3) is 4.16. The molecule has 0 saturated carbocycles. The lowest BCUT2D eigenvalue weighted by Gasteiger charge is -2.11. The summed E-state index contributed by atoms with van der Waals surface area (Å²) < 4.78 is 30.3. The van der Waals surface area contributed by atoms with Gasteiger partial charge in [-0.1, -0.05) is 6.92 Å². The number of benzene rings is 1. The lowest BCUT2D eigenvalue weighted by Crippen LogP contribution is -2.14. The Morgan fingerprint density at radius 3 is 2.65 bits per heavy atom. The molecule has 1 unspecified atom stereocenters. The van der Waals surface area contributed by atoms with E-state index in [2.05, 4.69) is 4.74 Å². The minimum absolute atomic E-state index is 0.223. The Labute approximate surface area is 118 Å². The Hall–Kier alpha value is -1.70. The molecular formula is C12H13F2NO4S. The number of non-ortho nitro benzene ring substituents is 1. The molecule has 0 aliphatic rings. The largest absolute Gasteiger partial charge is 0.469 e. The second-order valence-electron chi connectivity index (χ2n) is 4.02. The SMILES string of the molecule is COC(=O)C(C)CSc1ccc([N+](=O)[O-])cc1C(F)F. The average Bonchev–Trinajstić information content (AvgIpc) is 2.43. The molecule has 1 rings (SSSR count). The van der Waals surface area contributed by atoms with Gasteiger partial charge in [0, 0.05) is 28.3 Å². The van der Waals surface area contributed by atoms with Crippen molar-refractivity contribution in [3.8, 4) is 0 Å². The number of nitrogens with zero attached hydrogens (tertiary/aromatic N) is 1. The molecule has 1 aromatic rings. The van der Waals surface area contributed by atoms with Crippen molar-refractivity contribution in [1.82, 2.24) is 0 Å². The maximum absolute atomic E-state index is 12.9. The highest BCUT2D eigenvalue weighted by Crippen LogP contribution is 2.34. The first-order valence-electron chi connectivity index (χ1n) is 5.64. The topological polar surface area (TPSA) is 69.4 Å². The van der Waals surface area contributed by atoms with Crippen LogP contribution in [-0.2, 0) is 9.53 Å². The number of esters is 1. The number of hydrogen-bond donors (Lipinski definition) is 0. The van der Waals surface area contributed by atoms with Gasteiger partial charge in [-0.25, -0.2) is 8.78 Å². The highest BCUT2D eigenvalue weighted by atomic mass is 32.2. The predicted octanol–water partition coefficient (Wildman–Crippen LogP) is 3.43. The summed E-state index contributed by atoms with van der Waals surface area (Å²) in [6.07, 6.45) is -2.81. The molecular weight excluding hydrogens is 292 g/mol. The van der Waals surface area contributed by atoms with Crippen LogP contribution >= 0.6 is 11.8 Å². The normalized spacial score (nSPS) is 12.2. The molecule has 1 aromatic carbocycles. The second-order valence-corrected chi connectivity index (χ2v) is 5.08. The van der Waals surface area contributed by atoms with Gasteiger partial charge >= 0.3 is 5.97 Å². The number of rotatable bonds is 6. The van der Waals surface area contributed by atoms with Crippen LogP contribution in [0.15, 0.2) is 23.1 Å². The number of halogens is 2. The standard InChI is InChI=1S/C12H13F2NO4S/c1-7(12(16)19-2)6-20-10-4-3-8(15(17)18)5-9(10)11(13)14/h3-5,7,11H,6H2,1-2H3. The van der Waals surface area contributed by atoms with E-state index in [0.717, 1.165) is 23.9 Å². The zero-order chi connectivity index (χ0) is 15.3. The van der Waals surface area contributed by atoms with Crippen LogP contribution in [0.5, 0.6) is 0 Å². The Bertz CT molecular complexity index is 510. The number of alkyl halides is 2. The van der Waals surface area contributed by atoms with Gasteiger partial charge in [-0.05, 0) is 6.07 Å². The van der Waals surface area contributed by atoms with Crippen molar-refractivity contribution in [3.63, 3.8) is 0 Å². The summed E-state index contributed by atoms with van der Waals surface area (Å²) >= 11 is 1.04. The number of thioether (sulfide) groups is 1. The van der Waals surface area contributed by atoms with Gasteiger partial charge in [0.05, 0.1) is 18.0 Å². The molecule has 0 aromatic heterocycles. The molecule has 0 amide bonds. The highest BCUT2D eigenvalue weighted by molar-refractivity contribution is 7.99. The summed E-state index contributed by atoms with van der Waals surface area (Å²) in [6, 6.07) is 3.29. The Morgan fingerprint density at radius 2 is 2.15 bits per heavy atom. The van der Waals surface area contributed by atoms with Gasteiger partial charge in [-0.15, -0.1) is 11.8 Å². The fourth-order valence-electron chi connectivity index (χ4n) is 1.44. The Kier molecular flexibility index (Phi) is 5.87. The van der Waals surface area contributed by atoms with Crippen molar-refractivity contribution in [1.29, 1.82) is 0 Å². The molecule has 0 fully saturated rings. The summed E-state index contributed by atoms with van der Waals surface area (Å²) in [5.41, 5.74) is -0.785. The molecule has 5 nitrogen and oxygen atoms in total. The van der Waals surface area contributed by atoms with Crippen molar-refractivity contribution in [3.05, 3.63) is 33.9 Å². The van der Waals surface area contributed by atoms with Gasteiger partial charge in [0.2, 0.25) is 0 Å². The van der Waals surface area contributed by atoms with Crippen LogP contribution in [-0.4, -0.2) is 23.8 Å². The third-order valence-corrected chi connectivity index (χ3v) is 3.88. The molecule has 0 aliphatic carbocycles. The first-order chi connectivity index (χ1) is 9.36. The zero-order valence-electron chi connectivity index (χ0n) is 10.8. The van der Waals surface area contributed by atoms with E-state index in [1.807, 2.05) is 0 Å². The van der Waals surface area contributed by atoms with Crippen molar-refractivity contribution >= 4 is 23.4 Å². The lowest BCUT2D eigenvalue weighted by atomic mass is 10.2. The van der Waals surface area contributed by atoms with Crippen LogP contribution in [0.3, 0.4) is 0 Å². The van der Waals surface area contributed by atoms with Gasteiger partial charge < -0.3 is 4.74 Å². The maximum Gasteiger partial charge on any atom is 0.309 e. The van der Waals surface area contributed by atoms with Crippen LogP contribution in [0.1, 0.15) is 18.9 Å². The van der Waals surface area contributed by atoms with E-state index in [9.17, 15) is 23.7 Å². The van der Waals surface area contributed by atoms with Crippen LogP contribution in [0, 0.1) is 16.0 Å². The number of methoxy groups -OCH3 is 1. The number of ether oxygens (including phenoxy) is 1. The van der Waals surface area contributed by atoms with Crippen LogP contribution < -0.4 is 0 Å². The van der Waals surface area contributed by atoms with Crippen molar-refractivity contribution in [2.24, 2.45) is 5.92 Å². The van der Waals surface area contributed by atoms with Gasteiger partial charge in [0.15, 0.2) is 0 Å². The van der Waals surface area contributed by atoms with Gasteiger partial charge in [0.1, 0.15) is 0 Å². The molecule has 0 aliphatic heterocycles. The summed E-state index contributed by atoms with van der Waals surface area (Å²) in [5.74, 6) is -0.631. The van der Waals surface area contributed by atoms with Gasteiger partial charge in [-0.3, -0.25) is 14.9 Å². The van der Waals surface area contributed by atoms with E-state index in [1.165, 1.54) is 13.2 Å². The molecule has 0 heterocycles. The summed E-state index contributed by atoms with van der Waals surface area (Å²) in [6.45, 7) is 1.62. The van der Waals surface area contributed by atoms with E-state index in [0.29, 0.717) is 0 Å². The molecule has 20 heavy (non-hydrogen) atoms. The average molecular weight is 305 g/mol. The number of nitro benzene ring substituents is 1. The third-order valence-electron chi connectivity index (χ3n) is 2.53. The predicted molar refractivity (Wildman–Crippen MR) is 70.0 cm³/mol. The van der Waals surface area contributed by atoms with Crippen LogP contribution in [0.25, 0.3) is 0 Å². The van der Waals surface area contributed by atoms with Gasteiger partial charge in [0.25, 0.3) is 12.1 Å². The number of hydrogen-bond acceptors (Lipinski definition) is 5. The van der Waals surface area contributed by atoms with Crippen LogP contribution in [0.4, 0.5) is 14.5 Å². The molecule has 0 N–H and O–H groups in total. The fraction of sp³-hybridized carbons (Fsp3) is 0.417. The molecule has 1 atom stereocenters. The number of nitro groups is 1. The number of carbonyl (C=O) groups excluding carboxylic acids is 1. The smallest absolute Gasteiger partial charge is 0.309 e. The van der Waals surface area contributed by atoms with E-state index in [1.54, 1.807) is 6.92 Å². The van der Waals surface area contributed by atoms with Crippen molar-refractivity contribution < 1.29 is 23.2 Å². The summed E-state index contributed by atoms with van der Waals surface area (Å²) in [7, 11) is 1.25. The lowest BCUT2D eigenvalue weighted by molar-refractivity contribution is -0.385. The fourth-order valence-corrected chi connectivity index (χ4v) is 2.48. The second kappa shape index (κ2) is 7.18. The minimum atomic E-state index is -2.81. The van der Waals surface area contributed by atoms with E-state index in [4.69, 9.17) is 0 Å². The van der Waals surface area contributed by atoms with Crippen LogP contribution in [0.2, 0.25) is 0 Å². The zero-order valence-corrected chi connectivity index (χ0v) is 11.7. The monoisotopic (exact) mass is 305 g/mol. The molecule has 0 bridgehead atoms. The van der Waals surface area contributed by atoms with E-state index in [-0.39, 0.29) is 16.3 Å². The molecule has 0 saturated heterocycles. The summed E-state index contributed by atoms with van der Waals surface area (Å²) in [5, 5.41) is 10.6. The quantitative estimate of drug-likeness (QED) is 0.348. The Morgan fingerprint density at radius 1 is 1.50 bits per heavy atom. The van der Waals surface area contributed by atoms with E-state index >= 15 is 0 Å². The molecule has 8 heteroatoms. The summed E-state index contributed by atoms with van der Waals surface area (Å²) in [4.78, 5) is 21.3. The van der Waals surface area contributed by atoms with Crippen molar-refractivity contribution in [2.75, 3.05) is 12.9 Å². The maximum atomic E-state index is 12.9. The first kappa shape index (κ1) is 16.4. The van der Waals surface area contributed by atoms with Crippen molar-refractivity contribution in [2.45, 2.75) is 18.2 Å². The number of carbonyl (C=O) groups is 1. The highest BCUT2D eigenvalue weighted by Gasteiger charge is 2.20. The molecule has 0 radical (unpaired) electrons. The van der Waals surface area contributed by atoms with E-state index < -0.39 is 28.8 Å². The molecule has 110 valence electrons.